The number of rotatable bonds is 0. The molecule has 2 nitrogen and oxygen atoms in total. The Morgan fingerprint density at radius 3 is 3.06 bits per heavy atom. The summed E-state index contributed by atoms with van der Waals surface area (Å²) in [5.74, 6) is 0.357. The molecule has 1 N–H and O–H groups in total. The predicted octanol–water partition coefficient (Wildman–Crippen LogP) is 2.35. The summed E-state index contributed by atoms with van der Waals surface area (Å²) in [5.41, 5.74) is 3.38. The molecular weight excluding hydrogens is 203 g/mol. The van der Waals surface area contributed by atoms with Crippen LogP contribution in [-0.2, 0) is 0 Å². The van der Waals surface area contributed by atoms with Crippen LogP contribution in [0.15, 0.2) is 12.1 Å². The molecule has 1 aromatic carbocycles. The van der Waals surface area contributed by atoms with Gasteiger partial charge in [-0.1, -0.05) is 0 Å². The predicted molar refractivity (Wildman–Crippen MR) is 63.4 cm³/mol. The second-order valence-electron chi connectivity index (χ2n) is 5.10. The molecule has 0 bridgehead atoms. The first-order chi connectivity index (χ1) is 7.65. The summed E-state index contributed by atoms with van der Waals surface area (Å²) < 4.78 is 13.4. The SMILES string of the molecule is Cc1cc(F)cc2c1NC1CCN(C)CC21. The van der Waals surface area contributed by atoms with Crippen molar-refractivity contribution in [3.63, 3.8) is 0 Å². The minimum absolute atomic E-state index is 0.105. The first kappa shape index (κ1) is 10.1. The molecule has 2 aliphatic heterocycles. The van der Waals surface area contributed by atoms with Gasteiger partial charge < -0.3 is 10.2 Å². The van der Waals surface area contributed by atoms with Crippen molar-refractivity contribution in [2.24, 2.45) is 0 Å². The van der Waals surface area contributed by atoms with Crippen LogP contribution < -0.4 is 5.32 Å². The van der Waals surface area contributed by atoms with Crippen molar-refractivity contribution in [1.82, 2.24) is 4.90 Å². The normalized spacial score (nSPS) is 28.4. The summed E-state index contributed by atoms with van der Waals surface area (Å²) in [6.07, 6.45) is 1.15. The summed E-state index contributed by atoms with van der Waals surface area (Å²) in [4.78, 5) is 2.33. The fourth-order valence-corrected chi connectivity index (χ4v) is 3.05. The number of piperidine rings is 1. The second kappa shape index (κ2) is 3.45. The molecule has 0 aromatic heterocycles. The molecule has 1 fully saturated rings. The molecule has 2 heterocycles. The van der Waals surface area contributed by atoms with E-state index in [2.05, 4.69) is 17.3 Å². The van der Waals surface area contributed by atoms with Gasteiger partial charge in [0, 0.05) is 24.2 Å². The summed E-state index contributed by atoms with van der Waals surface area (Å²) in [6.45, 7) is 4.15. The lowest BCUT2D eigenvalue weighted by Crippen LogP contribution is -2.39. The fraction of sp³-hybridized carbons (Fsp3) is 0.538. The van der Waals surface area contributed by atoms with Crippen LogP contribution >= 0.6 is 0 Å². The Morgan fingerprint density at radius 1 is 1.44 bits per heavy atom. The number of anilines is 1. The summed E-state index contributed by atoms with van der Waals surface area (Å²) in [5, 5.41) is 3.56. The van der Waals surface area contributed by atoms with Gasteiger partial charge in [0.25, 0.3) is 0 Å². The van der Waals surface area contributed by atoms with Crippen molar-refractivity contribution in [3.05, 3.63) is 29.1 Å². The zero-order chi connectivity index (χ0) is 11.3. The van der Waals surface area contributed by atoms with Gasteiger partial charge in [-0.3, -0.25) is 0 Å². The van der Waals surface area contributed by atoms with Crippen LogP contribution in [0, 0.1) is 12.7 Å². The second-order valence-corrected chi connectivity index (χ2v) is 5.10. The number of likely N-dealkylation sites (tertiary alicyclic amines) is 1. The molecule has 86 valence electrons. The maximum absolute atomic E-state index is 13.4. The minimum Gasteiger partial charge on any atom is -0.381 e. The largest absolute Gasteiger partial charge is 0.381 e. The lowest BCUT2D eigenvalue weighted by molar-refractivity contribution is 0.243. The van der Waals surface area contributed by atoms with Crippen LogP contribution in [0.5, 0.6) is 0 Å². The summed E-state index contributed by atoms with van der Waals surface area (Å²) >= 11 is 0. The van der Waals surface area contributed by atoms with Crippen LogP contribution in [0.4, 0.5) is 10.1 Å². The number of hydrogen-bond acceptors (Lipinski definition) is 2. The maximum Gasteiger partial charge on any atom is 0.123 e. The van der Waals surface area contributed by atoms with Crippen LogP contribution in [0.25, 0.3) is 0 Å². The van der Waals surface area contributed by atoms with Gasteiger partial charge in [0.05, 0.1) is 0 Å². The third-order valence-electron chi connectivity index (χ3n) is 3.88. The molecule has 0 amide bonds. The highest BCUT2D eigenvalue weighted by Crippen LogP contribution is 2.41. The van der Waals surface area contributed by atoms with Crippen LogP contribution in [0.3, 0.4) is 0 Å². The number of nitrogens with one attached hydrogen (secondary N) is 1. The maximum atomic E-state index is 13.4. The molecule has 2 aliphatic rings. The molecule has 0 aliphatic carbocycles. The number of halogens is 1. The van der Waals surface area contributed by atoms with E-state index in [0.717, 1.165) is 25.1 Å². The quantitative estimate of drug-likeness (QED) is 0.722. The summed E-state index contributed by atoms with van der Waals surface area (Å²) in [7, 11) is 2.14. The van der Waals surface area contributed by atoms with E-state index < -0.39 is 0 Å². The summed E-state index contributed by atoms with van der Waals surface area (Å²) in [6, 6.07) is 3.83. The molecule has 2 atom stereocenters. The van der Waals surface area contributed by atoms with Crippen molar-refractivity contribution in [2.45, 2.75) is 25.3 Å². The third-order valence-corrected chi connectivity index (χ3v) is 3.88. The number of likely N-dealkylation sites (N-methyl/N-ethyl adjacent to an activating group) is 1. The number of nitrogens with zero attached hydrogens (tertiary/aromatic N) is 1. The van der Waals surface area contributed by atoms with E-state index in [0.29, 0.717) is 12.0 Å². The lowest BCUT2D eigenvalue weighted by atomic mass is 9.89. The Balaban J connectivity index is 2.04. The van der Waals surface area contributed by atoms with Crippen molar-refractivity contribution >= 4 is 5.69 Å². The topological polar surface area (TPSA) is 15.3 Å². The van der Waals surface area contributed by atoms with Crippen molar-refractivity contribution < 1.29 is 4.39 Å². The molecule has 0 radical (unpaired) electrons. The molecule has 3 heteroatoms. The monoisotopic (exact) mass is 220 g/mol. The fourth-order valence-electron chi connectivity index (χ4n) is 3.05. The van der Waals surface area contributed by atoms with E-state index in [4.69, 9.17) is 0 Å². The lowest BCUT2D eigenvalue weighted by Gasteiger charge is -2.32. The van der Waals surface area contributed by atoms with Gasteiger partial charge in [-0.15, -0.1) is 0 Å². The first-order valence-electron chi connectivity index (χ1n) is 5.90. The zero-order valence-corrected chi connectivity index (χ0v) is 9.76. The van der Waals surface area contributed by atoms with Crippen LogP contribution in [0.1, 0.15) is 23.5 Å². The van der Waals surface area contributed by atoms with Gasteiger partial charge in [0.2, 0.25) is 0 Å². The molecule has 0 spiro atoms. The molecule has 0 saturated carbocycles. The van der Waals surface area contributed by atoms with Gasteiger partial charge in [0.1, 0.15) is 5.82 Å². The van der Waals surface area contributed by atoms with Gasteiger partial charge in [-0.25, -0.2) is 4.39 Å². The van der Waals surface area contributed by atoms with Gasteiger partial charge in [-0.2, -0.15) is 0 Å². The van der Waals surface area contributed by atoms with E-state index in [1.54, 1.807) is 12.1 Å². The van der Waals surface area contributed by atoms with E-state index in [9.17, 15) is 4.39 Å². The Kier molecular flexibility index (Phi) is 2.18. The third kappa shape index (κ3) is 1.42. The van der Waals surface area contributed by atoms with E-state index in [1.165, 1.54) is 11.3 Å². The number of benzene rings is 1. The van der Waals surface area contributed by atoms with Crippen molar-refractivity contribution in [3.8, 4) is 0 Å². The number of hydrogen-bond donors (Lipinski definition) is 1. The average Bonchev–Trinajstić information content (AvgIpc) is 2.57. The van der Waals surface area contributed by atoms with Crippen LogP contribution in [-0.4, -0.2) is 31.1 Å². The van der Waals surface area contributed by atoms with E-state index in [-0.39, 0.29) is 5.82 Å². The van der Waals surface area contributed by atoms with E-state index in [1.807, 2.05) is 6.92 Å². The Morgan fingerprint density at radius 2 is 2.25 bits per heavy atom. The Bertz CT molecular complexity index is 430. The smallest absolute Gasteiger partial charge is 0.123 e. The number of aryl methyl sites for hydroxylation is 1. The Hall–Kier alpha value is -1.09. The zero-order valence-electron chi connectivity index (χ0n) is 9.76. The highest BCUT2D eigenvalue weighted by atomic mass is 19.1. The van der Waals surface area contributed by atoms with Crippen LogP contribution in [0.2, 0.25) is 0 Å². The molecule has 3 rings (SSSR count). The van der Waals surface area contributed by atoms with Gasteiger partial charge >= 0.3 is 0 Å². The first-order valence-corrected chi connectivity index (χ1v) is 5.90. The van der Waals surface area contributed by atoms with Gasteiger partial charge in [0.15, 0.2) is 0 Å². The Labute approximate surface area is 95.4 Å². The average molecular weight is 220 g/mol. The van der Waals surface area contributed by atoms with Gasteiger partial charge in [-0.05, 0) is 50.2 Å². The highest BCUT2D eigenvalue weighted by molar-refractivity contribution is 5.64. The van der Waals surface area contributed by atoms with E-state index >= 15 is 0 Å². The molecule has 1 aromatic rings. The van der Waals surface area contributed by atoms with Crippen molar-refractivity contribution in [2.75, 3.05) is 25.5 Å². The molecule has 16 heavy (non-hydrogen) atoms. The molecule has 1 saturated heterocycles. The number of fused-ring (bicyclic) bond motifs is 3. The highest BCUT2D eigenvalue weighted by Gasteiger charge is 2.36. The molecular formula is C13H17FN2. The minimum atomic E-state index is -0.105. The standard InChI is InChI=1S/C13H17FN2/c1-8-5-9(14)6-10-11-7-16(2)4-3-12(11)15-13(8)10/h5-6,11-12,15H,3-4,7H2,1-2H3. The van der Waals surface area contributed by atoms with Crippen molar-refractivity contribution in [1.29, 1.82) is 0 Å². The molecule has 2 unspecified atom stereocenters.